The number of aromatic nitrogens is 1. The van der Waals surface area contributed by atoms with Gasteiger partial charge in [0.15, 0.2) is 11.5 Å². The van der Waals surface area contributed by atoms with Gasteiger partial charge in [0.1, 0.15) is 5.01 Å². The maximum atomic E-state index is 11.1. The number of carbonyl (C=O) groups is 1. The molecule has 0 fully saturated rings. The molecule has 6 heteroatoms. The van der Waals surface area contributed by atoms with E-state index in [9.17, 15) is 4.79 Å². The van der Waals surface area contributed by atoms with Gasteiger partial charge in [-0.15, -0.1) is 11.3 Å². The molecule has 3 rings (SSSR count). The van der Waals surface area contributed by atoms with Crippen LogP contribution in [0, 0.1) is 0 Å². The lowest BCUT2D eigenvalue weighted by Gasteiger charge is -2.09. The molecule has 1 N–H and O–H groups in total. The summed E-state index contributed by atoms with van der Waals surface area (Å²) in [5.41, 5.74) is 2.71. The van der Waals surface area contributed by atoms with Crippen LogP contribution in [0.15, 0.2) is 42.5 Å². The summed E-state index contributed by atoms with van der Waals surface area (Å²) in [6.45, 7) is 0. The lowest BCUT2D eigenvalue weighted by atomic mass is 10.1. The number of nitrogens with zero attached hydrogens (tertiary/aromatic N) is 1. The molecule has 0 saturated carbocycles. The van der Waals surface area contributed by atoms with E-state index < -0.39 is 5.97 Å². The fraction of sp³-hybridized carbons (Fsp3) is 0.200. The Morgan fingerprint density at radius 2 is 1.88 bits per heavy atom. The average Bonchev–Trinajstić information content (AvgIpc) is 3.08. The standard InChI is InChI=1S/C20H19NO4S/c1-24-16-9-7-13(12-17(16)25-2)11-14(8-10-19(22)23)20-21-15-5-3-4-6-18(15)26-20/h3-7,9,11-12H,8,10H2,1-2H3,(H,22,23). The van der Waals surface area contributed by atoms with Gasteiger partial charge in [0.05, 0.1) is 24.4 Å². The van der Waals surface area contributed by atoms with Gasteiger partial charge in [-0.2, -0.15) is 0 Å². The summed E-state index contributed by atoms with van der Waals surface area (Å²) < 4.78 is 11.7. The minimum absolute atomic E-state index is 0.0506. The van der Waals surface area contributed by atoms with Crippen LogP contribution >= 0.6 is 11.3 Å². The molecule has 0 amide bonds. The third-order valence-electron chi connectivity index (χ3n) is 3.93. The molecule has 0 aliphatic heterocycles. The molecule has 0 atom stereocenters. The first-order valence-corrected chi connectivity index (χ1v) is 8.92. The number of hydrogen-bond acceptors (Lipinski definition) is 5. The number of fused-ring (bicyclic) bond motifs is 1. The Balaban J connectivity index is 2.02. The molecule has 3 aromatic rings. The summed E-state index contributed by atoms with van der Waals surface area (Å²) in [6, 6.07) is 13.5. The maximum Gasteiger partial charge on any atom is 0.303 e. The zero-order valence-electron chi connectivity index (χ0n) is 14.6. The Labute approximate surface area is 155 Å². The Bertz CT molecular complexity index is 928. The van der Waals surface area contributed by atoms with Crippen LogP contribution in [0.4, 0.5) is 0 Å². The average molecular weight is 369 g/mol. The molecular weight excluding hydrogens is 350 g/mol. The third-order valence-corrected chi connectivity index (χ3v) is 5.04. The molecule has 134 valence electrons. The van der Waals surface area contributed by atoms with Crippen molar-refractivity contribution in [2.24, 2.45) is 0 Å². The Morgan fingerprint density at radius 3 is 2.58 bits per heavy atom. The number of aliphatic carboxylic acids is 1. The number of carboxylic acid groups (broad SMARTS) is 1. The minimum atomic E-state index is -0.829. The monoisotopic (exact) mass is 369 g/mol. The fourth-order valence-electron chi connectivity index (χ4n) is 2.64. The summed E-state index contributed by atoms with van der Waals surface area (Å²) in [5.74, 6) is 0.448. The molecule has 1 heterocycles. The second-order valence-corrected chi connectivity index (χ2v) is 6.70. The van der Waals surface area contributed by atoms with Crippen LogP contribution in [-0.4, -0.2) is 30.3 Å². The van der Waals surface area contributed by atoms with Crippen molar-refractivity contribution in [1.29, 1.82) is 0 Å². The van der Waals surface area contributed by atoms with Crippen molar-refractivity contribution in [1.82, 2.24) is 4.98 Å². The molecule has 0 aliphatic rings. The van der Waals surface area contributed by atoms with Crippen molar-refractivity contribution in [3.63, 3.8) is 0 Å². The van der Waals surface area contributed by atoms with Gasteiger partial charge in [-0.05, 0) is 47.9 Å². The third kappa shape index (κ3) is 4.03. The van der Waals surface area contributed by atoms with E-state index >= 15 is 0 Å². The van der Waals surface area contributed by atoms with Gasteiger partial charge in [0, 0.05) is 6.42 Å². The summed E-state index contributed by atoms with van der Waals surface area (Å²) in [4.78, 5) is 15.7. The molecule has 0 unspecified atom stereocenters. The van der Waals surface area contributed by atoms with Crippen molar-refractivity contribution in [3.8, 4) is 11.5 Å². The first kappa shape index (κ1) is 17.9. The van der Waals surface area contributed by atoms with E-state index in [4.69, 9.17) is 14.6 Å². The van der Waals surface area contributed by atoms with Crippen LogP contribution in [-0.2, 0) is 4.79 Å². The highest BCUT2D eigenvalue weighted by Gasteiger charge is 2.12. The summed E-state index contributed by atoms with van der Waals surface area (Å²) in [6.07, 6.45) is 2.42. The van der Waals surface area contributed by atoms with E-state index in [1.165, 1.54) is 0 Å². The highest BCUT2D eigenvalue weighted by Crippen LogP contribution is 2.33. The van der Waals surface area contributed by atoms with E-state index in [0.717, 1.165) is 26.4 Å². The summed E-state index contributed by atoms with van der Waals surface area (Å²) >= 11 is 1.57. The molecule has 5 nitrogen and oxygen atoms in total. The van der Waals surface area contributed by atoms with Crippen molar-refractivity contribution in [3.05, 3.63) is 53.0 Å². The van der Waals surface area contributed by atoms with Gasteiger partial charge in [0.2, 0.25) is 0 Å². The molecule has 2 aromatic carbocycles. The number of methoxy groups -OCH3 is 2. The Kier molecular flexibility index (Phi) is 5.53. The van der Waals surface area contributed by atoms with Crippen LogP contribution in [0.25, 0.3) is 21.9 Å². The maximum absolute atomic E-state index is 11.1. The number of carboxylic acids is 1. The largest absolute Gasteiger partial charge is 0.493 e. The zero-order chi connectivity index (χ0) is 18.5. The lowest BCUT2D eigenvalue weighted by Crippen LogP contribution is -1.96. The predicted octanol–water partition coefficient (Wildman–Crippen LogP) is 4.72. The van der Waals surface area contributed by atoms with E-state index in [1.54, 1.807) is 25.6 Å². The first-order valence-electron chi connectivity index (χ1n) is 8.11. The SMILES string of the molecule is COc1ccc(C=C(CCC(=O)O)c2nc3ccccc3s2)cc1OC. The van der Waals surface area contributed by atoms with Gasteiger partial charge in [-0.3, -0.25) is 4.79 Å². The molecule has 0 bridgehead atoms. The highest BCUT2D eigenvalue weighted by molar-refractivity contribution is 7.19. The van der Waals surface area contributed by atoms with Crippen LogP contribution in [0.3, 0.4) is 0 Å². The second kappa shape index (κ2) is 8.01. The Morgan fingerprint density at radius 1 is 1.12 bits per heavy atom. The molecule has 0 aliphatic carbocycles. The minimum Gasteiger partial charge on any atom is -0.493 e. The number of rotatable bonds is 7. The van der Waals surface area contributed by atoms with Gasteiger partial charge in [-0.25, -0.2) is 4.98 Å². The van der Waals surface area contributed by atoms with E-state index in [-0.39, 0.29) is 6.42 Å². The van der Waals surface area contributed by atoms with Crippen LogP contribution < -0.4 is 9.47 Å². The van der Waals surface area contributed by atoms with E-state index in [2.05, 4.69) is 4.98 Å². The molecule has 0 radical (unpaired) electrons. The molecule has 0 spiro atoms. The van der Waals surface area contributed by atoms with Gasteiger partial charge in [0.25, 0.3) is 0 Å². The van der Waals surface area contributed by atoms with Crippen molar-refractivity contribution >= 4 is 39.2 Å². The normalized spacial score (nSPS) is 11.5. The Hall–Kier alpha value is -2.86. The van der Waals surface area contributed by atoms with Crippen molar-refractivity contribution in [2.75, 3.05) is 14.2 Å². The van der Waals surface area contributed by atoms with Crippen molar-refractivity contribution in [2.45, 2.75) is 12.8 Å². The van der Waals surface area contributed by atoms with E-state index in [1.807, 2.05) is 48.5 Å². The first-order chi connectivity index (χ1) is 12.6. The second-order valence-electron chi connectivity index (χ2n) is 5.66. The zero-order valence-corrected chi connectivity index (χ0v) is 15.4. The predicted molar refractivity (Wildman–Crippen MR) is 104 cm³/mol. The van der Waals surface area contributed by atoms with Crippen LogP contribution in [0.5, 0.6) is 11.5 Å². The summed E-state index contributed by atoms with van der Waals surface area (Å²) in [5, 5.41) is 9.92. The topological polar surface area (TPSA) is 68.7 Å². The number of ether oxygens (including phenoxy) is 2. The molecule has 1 aromatic heterocycles. The molecule has 26 heavy (non-hydrogen) atoms. The highest BCUT2D eigenvalue weighted by atomic mass is 32.1. The number of hydrogen-bond donors (Lipinski definition) is 1. The van der Waals surface area contributed by atoms with Gasteiger partial charge >= 0.3 is 5.97 Å². The van der Waals surface area contributed by atoms with Crippen LogP contribution in [0.2, 0.25) is 0 Å². The molecule has 0 saturated heterocycles. The van der Waals surface area contributed by atoms with Gasteiger partial charge in [-0.1, -0.05) is 18.2 Å². The smallest absolute Gasteiger partial charge is 0.303 e. The number of thiazole rings is 1. The number of benzene rings is 2. The quantitative estimate of drug-likeness (QED) is 0.653. The summed E-state index contributed by atoms with van der Waals surface area (Å²) in [7, 11) is 3.18. The van der Waals surface area contributed by atoms with E-state index in [0.29, 0.717) is 17.9 Å². The number of allylic oxidation sites excluding steroid dienone is 1. The van der Waals surface area contributed by atoms with Gasteiger partial charge < -0.3 is 14.6 Å². The van der Waals surface area contributed by atoms with Crippen LogP contribution in [0.1, 0.15) is 23.4 Å². The lowest BCUT2D eigenvalue weighted by molar-refractivity contribution is -0.136. The number of para-hydroxylation sites is 1. The molecular formula is C20H19NO4S. The van der Waals surface area contributed by atoms with Crippen molar-refractivity contribution < 1.29 is 19.4 Å². The fourth-order valence-corrected chi connectivity index (χ4v) is 3.65.